The van der Waals surface area contributed by atoms with Crippen molar-refractivity contribution in [3.63, 3.8) is 0 Å². The maximum absolute atomic E-state index is 2.36. The Labute approximate surface area is 126 Å². The fourth-order valence-electron chi connectivity index (χ4n) is 3.66. The van der Waals surface area contributed by atoms with E-state index in [-0.39, 0.29) is 0 Å². The summed E-state index contributed by atoms with van der Waals surface area (Å²) in [5.74, 6) is 0.684. The number of rotatable bonds is 1. The fraction of sp³-hybridized carbons (Fsp3) is 0.238. The Morgan fingerprint density at radius 3 is 2.62 bits per heavy atom. The third-order valence-electron chi connectivity index (χ3n) is 4.88. The van der Waals surface area contributed by atoms with Gasteiger partial charge >= 0.3 is 0 Å². The maximum Gasteiger partial charge on any atom is -0.00487 e. The average Bonchev–Trinajstić information content (AvgIpc) is 2.88. The highest BCUT2D eigenvalue weighted by Gasteiger charge is 2.27. The van der Waals surface area contributed by atoms with E-state index >= 15 is 0 Å². The molecule has 0 nitrogen and oxygen atoms in total. The number of hydrogen-bond acceptors (Lipinski definition) is 0. The third kappa shape index (κ3) is 1.98. The van der Waals surface area contributed by atoms with Gasteiger partial charge in [-0.15, -0.1) is 0 Å². The van der Waals surface area contributed by atoms with E-state index in [2.05, 4.69) is 68.5 Å². The van der Waals surface area contributed by atoms with Crippen LogP contribution in [0.4, 0.5) is 0 Å². The molecule has 0 saturated carbocycles. The van der Waals surface area contributed by atoms with Crippen LogP contribution in [0.5, 0.6) is 0 Å². The van der Waals surface area contributed by atoms with Gasteiger partial charge in [0.2, 0.25) is 0 Å². The monoisotopic (exact) mass is 272 g/mol. The molecule has 2 aliphatic carbocycles. The van der Waals surface area contributed by atoms with Gasteiger partial charge in [0.15, 0.2) is 0 Å². The highest BCUT2D eigenvalue weighted by molar-refractivity contribution is 5.92. The maximum atomic E-state index is 2.36. The molecule has 0 aliphatic heterocycles. The van der Waals surface area contributed by atoms with Crippen molar-refractivity contribution in [3.8, 4) is 11.1 Å². The summed E-state index contributed by atoms with van der Waals surface area (Å²) >= 11 is 0. The molecule has 104 valence electrons. The molecule has 2 aromatic rings. The van der Waals surface area contributed by atoms with Crippen LogP contribution in [0.2, 0.25) is 0 Å². The van der Waals surface area contributed by atoms with Crippen LogP contribution < -0.4 is 0 Å². The van der Waals surface area contributed by atoms with Gasteiger partial charge in [-0.25, -0.2) is 0 Å². The molecule has 0 spiro atoms. The highest BCUT2D eigenvalue weighted by Crippen LogP contribution is 2.45. The fourth-order valence-corrected chi connectivity index (χ4v) is 3.66. The van der Waals surface area contributed by atoms with Gasteiger partial charge < -0.3 is 0 Å². The van der Waals surface area contributed by atoms with Gasteiger partial charge in [0.25, 0.3) is 0 Å². The molecule has 1 unspecified atom stereocenters. The Bertz CT molecular complexity index is 757. The predicted molar refractivity (Wildman–Crippen MR) is 90.2 cm³/mol. The van der Waals surface area contributed by atoms with Crippen LogP contribution in [0.15, 0.2) is 60.2 Å². The van der Waals surface area contributed by atoms with Crippen LogP contribution in [0.25, 0.3) is 16.7 Å². The van der Waals surface area contributed by atoms with Gasteiger partial charge in [-0.05, 0) is 53.5 Å². The molecular formula is C21H20. The summed E-state index contributed by atoms with van der Waals surface area (Å²) in [6.07, 6.45) is 7.01. The molecule has 0 N–H and O–H groups in total. The van der Waals surface area contributed by atoms with Crippen LogP contribution >= 0.6 is 0 Å². The second-order valence-electron chi connectivity index (χ2n) is 6.36. The zero-order valence-corrected chi connectivity index (χ0v) is 12.7. The van der Waals surface area contributed by atoms with E-state index < -0.39 is 0 Å². The van der Waals surface area contributed by atoms with E-state index in [0.717, 1.165) is 6.42 Å². The second-order valence-corrected chi connectivity index (χ2v) is 6.36. The summed E-state index contributed by atoms with van der Waals surface area (Å²) in [5, 5.41) is 0. The van der Waals surface area contributed by atoms with Gasteiger partial charge in [-0.2, -0.15) is 0 Å². The summed E-state index contributed by atoms with van der Waals surface area (Å²) in [4.78, 5) is 0. The van der Waals surface area contributed by atoms with Crippen molar-refractivity contribution < 1.29 is 0 Å². The first-order chi connectivity index (χ1) is 10.2. The average molecular weight is 272 g/mol. The van der Waals surface area contributed by atoms with Crippen LogP contribution in [0.1, 0.15) is 30.0 Å². The van der Waals surface area contributed by atoms with Gasteiger partial charge in [0, 0.05) is 0 Å². The first-order valence-electron chi connectivity index (χ1n) is 7.83. The van der Waals surface area contributed by atoms with Gasteiger partial charge in [-0.1, -0.05) is 72.7 Å². The zero-order chi connectivity index (χ0) is 14.4. The molecule has 0 heterocycles. The van der Waals surface area contributed by atoms with E-state index in [1.165, 1.54) is 39.8 Å². The molecule has 2 aliphatic rings. The van der Waals surface area contributed by atoms with E-state index in [1.54, 1.807) is 5.57 Å². The number of allylic oxidation sites excluding steroid dienone is 4. The van der Waals surface area contributed by atoms with Crippen molar-refractivity contribution >= 4 is 5.57 Å². The molecular weight excluding hydrogens is 252 g/mol. The minimum Gasteiger partial charge on any atom is -0.0833 e. The van der Waals surface area contributed by atoms with Crippen molar-refractivity contribution in [1.29, 1.82) is 0 Å². The molecule has 0 aromatic heterocycles. The highest BCUT2D eigenvalue weighted by atomic mass is 14.3. The number of fused-ring (bicyclic) bond motifs is 2. The Kier molecular flexibility index (Phi) is 2.85. The van der Waals surface area contributed by atoms with Crippen molar-refractivity contribution in [2.24, 2.45) is 5.92 Å². The SMILES string of the molecule is Cc1ccc(-c2cccc3c2C2=C(C3)C(C)CC=C2)cc1. The minimum atomic E-state index is 0.684. The molecule has 0 amide bonds. The van der Waals surface area contributed by atoms with Crippen LogP contribution in [-0.4, -0.2) is 0 Å². The van der Waals surface area contributed by atoms with Gasteiger partial charge in [0.05, 0.1) is 0 Å². The van der Waals surface area contributed by atoms with Crippen molar-refractivity contribution in [1.82, 2.24) is 0 Å². The van der Waals surface area contributed by atoms with Crippen molar-refractivity contribution in [2.45, 2.75) is 26.7 Å². The second kappa shape index (κ2) is 4.73. The topological polar surface area (TPSA) is 0 Å². The van der Waals surface area contributed by atoms with Gasteiger partial charge in [0.1, 0.15) is 0 Å². The lowest BCUT2D eigenvalue weighted by Crippen LogP contribution is -2.02. The first-order valence-corrected chi connectivity index (χ1v) is 7.83. The Balaban J connectivity index is 1.91. The Hall–Kier alpha value is -2.08. The standard InChI is InChI=1S/C21H20/c1-14-9-11-16(12-10-14)18-7-4-6-17-13-20-15(2)5-3-8-19(20)21(17)18/h3-4,6-12,15H,5,13H2,1-2H3. The molecule has 2 aromatic carbocycles. The van der Waals surface area contributed by atoms with Crippen LogP contribution in [0.3, 0.4) is 0 Å². The summed E-state index contributed by atoms with van der Waals surface area (Å²) < 4.78 is 0. The summed E-state index contributed by atoms with van der Waals surface area (Å²) in [6.45, 7) is 4.50. The number of benzene rings is 2. The largest absolute Gasteiger partial charge is 0.0833 e. The van der Waals surface area contributed by atoms with Crippen LogP contribution in [0, 0.1) is 12.8 Å². The number of aryl methyl sites for hydroxylation is 1. The van der Waals surface area contributed by atoms with E-state index in [9.17, 15) is 0 Å². The smallest absolute Gasteiger partial charge is 0.00487 e. The van der Waals surface area contributed by atoms with Crippen molar-refractivity contribution in [2.75, 3.05) is 0 Å². The molecule has 0 saturated heterocycles. The summed E-state index contributed by atoms with van der Waals surface area (Å²) in [7, 11) is 0. The third-order valence-corrected chi connectivity index (χ3v) is 4.88. The van der Waals surface area contributed by atoms with E-state index in [0.29, 0.717) is 5.92 Å². The summed E-state index contributed by atoms with van der Waals surface area (Å²) in [5.41, 5.74) is 10.1. The van der Waals surface area contributed by atoms with Crippen LogP contribution in [-0.2, 0) is 6.42 Å². The predicted octanol–water partition coefficient (Wildman–Crippen LogP) is 5.57. The minimum absolute atomic E-state index is 0.684. The molecule has 0 fully saturated rings. The Morgan fingerprint density at radius 2 is 1.81 bits per heavy atom. The lowest BCUT2D eigenvalue weighted by Gasteiger charge is -2.17. The lowest BCUT2D eigenvalue weighted by atomic mass is 9.87. The van der Waals surface area contributed by atoms with E-state index in [4.69, 9.17) is 0 Å². The quantitative estimate of drug-likeness (QED) is 0.637. The molecule has 0 heteroatoms. The molecule has 4 rings (SSSR count). The van der Waals surface area contributed by atoms with E-state index in [1.807, 2.05) is 0 Å². The zero-order valence-electron chi connectivity index (χ0n) is 12.7. The normalized spacial score (nSPS) is 19.6. The Morgan fingerprint density at radius 1 is 1.00 bits per heavy atom. The molecule has 0 radical (unpaired) electrons. The first kappa shape index (κ1) is 12.6. The molecule has 1 atom stereocenters. The van der Waals surface area contributed by atoms with Gasteiger partial charge in [-0.3, -0.25) is 0 Å². The summed E-state index contributed by atoms with van der Waals surface area (Å²) in [6, 6.07) is 15.7. The number of hydrogen-bond donors (Lipinski definition) is 0. The van der Waals surface area contributed by atoms with Crippen molar-refractivity contribution in [3.05, 3.63) is 76.9 Å². The molecule has 0 bridgehead atoms. The lowest BCUT2D eigenvalue weighted by molar-refractivity contribution is 0.677. The molecule has 21 heavy (non-hydrogen) atoms.